The number of carbonyl (C=O) groups excluding carboxylic acids is 2. The summed E-state index contributed by atoms with van der Waals surface area (Å²) in [5.74, 6) is 0.213. The van der Waals surface area contributed by atoms with Gasteiger partial charge in [-0.05, 0) is 79.1 Å². The fraction of sp³-hybridized carbons (Fsp3) is 0.167. The van der Waals surface area contributed by atoms with Gasteiger partial charge in [-0.2, -0.15) is 0 Å². The van der Waals surface area contributed by atoms with E-state index in [0.717, 1.165) is 18.4 Å². The average Bonchev–Trinajstić information content (AvgIpc) is 3.54. The van der Waals surface area contributed by atoms with Crippen molar-refractivity contribution < 1.29 is 18.7 Å². The number of halogens is 1. The van der Waals surface area contributed by atoms with Crippen LogP contribution in [0.1, 0.15) is 39.1 Å². The van der Waals surface area contributed by atoms with Gasteiger partial charge >= 0.3 is 0 Å². The van der Waals surface area contributed by atoms with Gasteiger partial charge in [0.1, 0.15) is 17.3 Å². The van der Waals surface area contributed by atoms with E-state index in [1.165, 1.54) is 12.1 Å². The van der Waals surface area contributed by atoms with Crippen LogP contribution >= 0.6 is 0 Å². The summed E-state index contributed by atoms with van der Waals surface area (Å²) in [5, 5.41) is 2.98. The molecular weight excluding hydrogens is 383 g/mol. The molecule has 1 saturated carbocycles. The topological polar surface area (TPSA) is 81.4 Å². The van der Waals surface area contributed by atoms with Crippen molar-refractivity contribution in [1.82, 2.24) is 5.32 Å². The molecular formula is C24H21FN2O3. The molecule has 152 valence electrons. The Balaban J connectivity index is 1.35. The van der Waals surface area contributed by atoms with E-state index in [4.69, 9.17) is 10.5 Å². The molecule has 2 amide bonds. The number of rotatable bonds is 7. The molecule has 0 spiro atoms. The van der Waals surface area contributed by atoms with Gasteiger partial charge in [-0.1, -0.05) is 12.1 Å². The summed E-state index contributed by atoms with van der Waals surface area (Å²) in [4.78, 5) is 23.6. The molecule has 0 atom stereocenters. The number of hydrogen-bond donors (Lipinski definition) is 2. The van der Waals surface area contributed by atoms with Crippen LogP contribution in [-0.2, 0) is 5.41 Å². The number of benzene rings is 3. The highest BCUT2D eigenvalue weighted by atomic mass is 19.1. The quantitative estimate of drug-likeness (QED) is 0.620. The first-order valence-corrected chi connectivity index (χ1v) is 9.67. The molecule has 1 aliphatic carbocycles. The Kier molecular flexibility index (Phi) is 5.23. The zero-order valence-corrected chi connectivity index (χ0v) is 16.2. The van der Waals surface area contributed by atoms with Crippen LogP contribution < -0.4 is 15.8 Å². The Morgan fingerprint density at radius 3 is 1.90 bits per heavy atom. The minimum absolute atomic E-state index is 0.0938. The van der Waals surface area contributed by atoms with E-state index in [1.807, 2.05) is 0 Å². The number of nitrogens with one attached hydrogen (secondary N) is 1. The van der Waals surface area contributed by atoms with Crippen LogP contribution in [0.5, 0.6) is 11.5 Å². The van der Waals surface area contributed by atoms with Crippen molar-refractivity contribution in [3.8, 4) is 11.5 Å². The Morgan fingerprint density at radius 2 is 1.40 bits per heavy atom. The van der Waals surface area contributed by atoms with Crippen molar-refractivity contribution in [2.24, 2.45) is 5.73 Å². The van der Waals surface area contributed by atoms with Gasteiger partial charge in [-0.15, -0.1) is 0 Å². The van der Waals surface area contributed by atoms with Crippen molar-refractivity contribution in [2.75, 3.05) is 6.54 Å². The molecule has 0 aliphatic heterocycles. The maximum Gasteiger partial charge on any atom is 0.251 e. The molecule has 3 aromatic rings. The van der Waals surface area contributed by atoms with Gasteiger partial charge < -0.3 is 15.8 Å². The van der Waals surface area contributed by atoms with Crippen LogP contribution in [0.2, 0.25) is 0 Å². The second-order valence-corrected chi connectivity index (χ2v) is 7.48. The fourth-order valence-corrected chi connectivity index (χ4v) is 3.37. The number of amides is 2. The standard InChI is InChI=1S/C24H21FN2O3/c25-19-7-5-18(6-8-19)24(13-14-24)15-27-23(29)17-3-11-21(12-4-17)30-20-9-1-16(2-10-20)22(26)28/h1-12H,13-15H2,(H2,26,28)(H,27,29). The Bertz CT molecular complexity index is 1060. The largest absolute Gasteiger partial charge is 0.457 e. The molecule has 0 saturated heterocycles. The van der Waals surface area contributed by atoms with Crippen LogP contribution in [0.3, 0.4) is 0 Å². The highest BCUT2D eigenvalue weighted by Crippen LogP contribution is 2.47. The molecule has 0 bridgehead atoms. The Labute approximate surface area is 173 Å². The number of nitrogens with two attached hydrogens (primary N) is 1. The van der Waals surface area contributed by atoms with Crippen LogP contribution in [0.15, 0.2) is 72.8 Å². The predicted molar refractivity (Wildman–Crippen MR) is 111 cm³/mol. The summed E-state index contributed by atoms with van der Waals surface area (Å²) >= 11 is 0. The highest BCUT2D eigenvalue weighted by molar-refractivity contribution is 5.94. The molecule has 4 rings (SSSR count). The number of ether oxygens (including phenoxy) is 1. The minimum atomic E-state index is -0.496. The maximum absolute atomic E-state index is 13.2. The summed E-state index contributed by atoms with van der Waals surface area (Å²) < 4.78 is 18.9. The first-order chi connectivity index (χ1) is 14.4. The lowest BCUT2D eigenvalue weighted by Gasteiger charge is -2.17. The molecule has 3 aromatic carbocycles. The van der Waals surface area contributed by atoms with Gasteiger partial charge in [0.15, 0.2) is 0 Å². The van der Waals surface area contributed by atoms with E-state index < -0.39 is 5.91 Å². The van der Waals surface area contributed by atoms with Crippen LogP contribution in [0.4, 0.5) is 4.39 Å². The predicted octanol–water partition coefficient (Wildman–Crippen LogP) is 4.18. The SMILES string of the molecule is NC(=O)c1ccc(Oc2ccc(C(=O)NCC3(c4ccc(F)cc4)CC3)cc2)cc1. The average molecular weight is 404 g/mol. The molecule has 6 heteroatoms. The normalized spacial score (nSPS) is 14.0. The number of hydrogen-bond acceptors (Lipinski definition) is 3. The molecule has 30 heavy (non-hydrogen) atoms. The molecule has 3 N–H and O–H groups in total. The van der Waals surface area contributed by atoms with E-state index in [2.05, 4.69) is 5.32 Å². The van der Waals surface area contributed by atoms with Crippen LogP contribution in [0.25, 0.3) is 0 Å². The van der Waals surface area contributed by atoms with Gasteiger partial charge in [-0.25, -0.2) is 4.39 Å². The third-order valence-corrected chi connectivity index (χ3v) is 5.39. The van der Waals surface area contributed by atoms with E-state index in [1.54, 1.807) is 60.7 Å². The molecule has 5 nitrogen and oxygen atoms in total. The smallest absolute Gasteiger partial charge is 0.251 e. The van der Waals surface area contributed by atoms with Crippen molar-refractivity contribution in [1.29, 1.82) is 0 Å². The van der Waals surface area contributed by atoms with Gasteiger partial charge in [0.05, 0.1) is 0 Å². The van der Waals surface area contributed by atoms with Gasteiger partial charge in [0, 0.05) is 23.1 Å². The van der Waals surface area contributed by atoms with Gasteiger partial charge in [0.25, 0.3) is 5.91 Å². The summed E-state index contributed by atoms with van der Waals surface area (Å²) in [6.45, 7) is 0.516. The van der Waals surface area contributed by atoms with E-state index >= 15 is 0 Å². The first-order valence-electron chi connectivity index (χ1n) is 9.67. The van der Waals surface area contributed by atoms with E-state index in [0.29, 0.717) is 29.2 Å². The molecule has 0 aromatic heterocycles. The van der Waals surface area contributed by atoms with E-state index in [-0.39, 0.29) is 17.1 Å². The summed E-state index contributed by atoms with van der Waals surface area (Å²) in [6.07, 6.45) is 1.94. The van der Waals surface area contributed by atoms with Crippen LogP contribution in [-0.4, -0.2) is 18.4 Å². The molecule has 0 heterocycles. The van der Waals surface area contributed by atoms with Gasteiger partial charge in [0.2, 0.25) is 5.91 Å². The lowest BCUT2D eigenvalue weighted by Crippen LogP contribution is -2.32. The van der Waals surface area contributed by atoms with Crippen LogP contribution in [0, 0.1) is 5.82 Å². The summed E-state index contributed by atoms with van der Waals surface area (Å²) in [7, 11) is 0. The number of primary amides is 1. The summed E-state index contributed by atoms with van der Waals surface area (Å²) in [5.41, 5.74) is 7.12. The van der Waals surface area contributed by atoms with Crippen molar-refractivity contribution >= 4 is 11.8 Å². The third-order valence-electron chi connectivity index (χ3n) is 5.39. The van der Waals surface area contributed by atoms with Crippen molar-refractivity contribution in [3.05, 3.63) is 95.3 Å². The zero-order chi connectivity index (χ0) is 21.1. The van der Waals surface area contributed by atoms with E-state index in [9.17, 15) is 14.0 Å². The number of carbonyl (C=O) groups is 2. The molecule has 0 radical (unpaired) electrons. The zero-order valence-electron chi connectivity index (χ0n) is 16.2. The summed E-state index contributed by atoms with van der Waals surface area (Å²) in [6, 6.07) is 19.8. The van der Waals surface area contributed by atoms with Crippen molar-refractivity contribution in [2.45, 2.75) is 18.3 Å². The van der Waals surface area contributed by atoms with Crippen molar-refractivity contribution in [3.63, 3.8) is 0 Å². The maximum atomic E-state index is 13.2. The lowest BCUT2D eigenvalue weighted by atomic mass is 9.96. The fourth-order valence-electron chi connectivity index (χ4n) is 3.37. The second kappa shape index (κ2) is 7.99. The molecule has 1 aliphatic rings. The first kappa shape index (κ1) is 19.6. The molecule has 0 unspecified atom stereocenters. The Morgan fingerprint density at radius 1 is 0.867 bits per heavy atom. The monoisotopic (exact) mass is 404 g/mol. The minimum Gasteiger partial charge on any atom is -0.457 e. The third kappa shape index (κ3) is 4.33. The second-order valence-electron chi connectivity index (χ2n) is 7.48. The lowest BCUT2D eigenvalue weighted by molar-refractivity contribution is 0.0948. The molecule has 1 fully saturated rings. The van der Waals surface area contributed by atoms with Gasteiger partial charge in [-0.3, -0.25) is 9.59 Å². The Hall–Kier alpha value is -3.67. The highest BCUT2D eigenvalue weighted by Gasteiger charge is 2.44.